The van der Waals surface area contributed by atoms with Crippen LogP contribution < -0.4 is 0 Å². The molecule has 1 heterocycles. The highest BCUT2D eigenvalue weighted by atomic mass is 16.5. The van der Waals surface area contributed by atoms with Crippen LogP contribution in [-0.4, -0.2) is 12.1 Å². The van der Waals surface area contributed by atoms with Crippen molar-refractivity contribution >= 4 is 5.97 Å². The van der Waals surface area contributed by atoms with Gasteiger partial charge in [0.1, 0.15) is 6.10 Å². The van der Waals surface area contributed by atoms with Crippen molar-refractivity contribution in [1.29, 1.82) is 0 Å². The van der Waals surface area contributed by atoms with E-state index in [0.717, 1.165) is 32.1 Å². The van der Waals surface area contributed by atoms with Gasteiger partial charge in [-0.3, -0.25) is 4.79 Å². The molecule has 2 nitrogen and oxygen atoms in total. The molecule has 2 heteroatoms. The number of carbonyl (C=O) groups is 1. The van der Waals surface area contributed by atoms with E-state index in [1.165, 1.54) is 0 Å². The third-order valence-electron chi connectivity index (χ3n) is 3.18. The molecule has 0 N–H and O–H groups in total. The summed E-state index contributed by atoms with van der Waals surface area (Å²) < 4.78 is 5.39. The molecule has 1 fully saturated rings. The maximum atomic E-state index is 11.6. The van der Waals surface area contributed by atoms with Crippen molar-refractivity contribution < 1.29 is 9.53 Å². The van der Waals surface area contributed by atoms with Gasteiger partial charge in [0.05, 0.1) is 5.41 Å². The molecule has 0 radical (unpaired) electrons. The second-order valence-corrected chi connectivity index (χ2v) is 4.27. The van der Waals surface area contributed by atoms with Gasteiger partial charge in [0.2, 0.25) is 0 Å². The Bertz CT molecular complexity index is 189. The summed E-state index contributed by atoms with van der Waals surface area (Å²) in [4.78, 5) is 11.6. The number of esters is 1. The van der Waals surface area contributed by atoms with Gasteiger partial charge in [-0.2, -0.15) is 0 Å². The molecule has 1 rings (SSSR count). The molecule has 76 valence electrons. The molecular weight excluding hydrogens is 164 g/mol. The Balaban J connectivity index is 2.51. The lowest BCUT2D eigenvalue weighted by Crippen LogP contribution is -2.38. The van der Waals surface area contributed by atoms with Crippen LogP contribution in [0.1, 0.15) is 52.9 Å². The first kappa shape index (κ1) is 10.6. The average molecular weight is 184 g/mol. The SMILES string of the molecule is CCCC1CCC(C)(CC)C(=O)O1. The molecule has 0 aromatic carbocycles. The molecule has 2 unspecified atom stereocenters. The first-order valence-electron chi connectivity index (χ1n) is 5.33. The molecule has 1 aliphatic heterocycles. The van der Waals surface area contributed by atoms with E-state index in [-0.39, 0.29) is 17.5 Å². The van der Waals surface area contributed by atoms with Gasteiger partial charge in [-0.15, -0.1) is 0 Å². The summed E-state index contributed by atoms with van der Waals surface area (Å²) >= 11 is 0. The first-order chi connectivity index (χ1) is 6.12. The summed E-state index contributed by atoms with van der Waals surface area (Å²) in [5.74, 6) is 0.0136. The zero-order valence-electron chi connectivity index (χ0n) is 8.93. The lowest BCUT2D eigenvalue weighted by Gasteiger charge is -2.34. The largest absolute Gasteiger partial charge is 0.462 e. The van der Waals surface area contributed by atoms with Crippen molar-refractivity contribution in [1.82, 2.24) is 0 Å². The van der Waals surface area contributed by atoms with E-state index in [9.17, 15) is 4.79 Å². The predicted molar refractivity (Wildman–Crippen MR) is 52.4 cm³/mol. The van der Waals surface area contributed by atoms with Crippen LogP contribution in [0.3, 0.4) is 0 Å². The van der Waals surface area contributed by atoms with E-state index in [1.807, 2.05) is 6.92 Å². The van der Waals surface area contributed by atoms with Crippen LogP contribution in [0.25, 0.3) is 0 Å². The van der Waals surface area contributed by atoms with Crippen LogP contribution in [0.15, 0.2) is 0 Å². The fourth-order valence-corrected chi connectivity index (χ4v) is 1.78. The van der Waals surface area contributed by atoms with E-state index in [2.05, 4.69) is 13.8 Å². The summed E-state index contributed by atoms with van der Waals surface area (Å²) in [5.41, 5.74) is -0.204. The molecule has 0 amide bonds. The van der Waals surface area contributed by atoms with Crippen molar-refractivity contribution in [2.45, 2.75) is 59.0 Å². The van der Waals surface area contributed by atoms with Crippen molar-refractivity contribution in [3.8, 4) is 0 Å². The van der Waals surface area contributed by atoms with Gasteiger partial charge >= 0.3 is 5.97 Å². The maximum Gasteiger partial charge on any atom is 0.312 e. The summed E-state index contributed by atoms with van der Waals surface area (Å²) in [5, 5.41) is 0. The monoisotopic (exact) mass is 184 g/mol. The van der Waals surface area contributed by atoms with Crippen molar-refractivity contribution in [3.63, 3.8) is 0 Å². The number of carbonyl (C=O) groups excluding carboxylic acids is 1. The Morgan fingerprint density at radius 3 is 2.69 bits per heavy atom. The average Bonchev–Trinajstić information content (AvgIpc) is 2.12. The Labute approximate surface area is 80.7 Å². The van der Waals surface area contributed by atoms with Gasteiger partial charge in [-0.25, -0.2) is 0 Å². The Morgan fingerprint density at radius 2 is 2.23 bits per heavy atom. The topological polar surface area (TPSA) is 26.3 Å². The predicted octanol–water partition coefficient (Wildman–Crippen LogP) is 2.91. The molecule has 0 spiro atoms. The van der Waals surface area contributed by atoms with Gasteiger partial charge in [0, 0.05) is 0 Å². The standard InChI is InChI=1S/C11H20O2/c1-4-6-9-7-8-11(3,5-2)10(12)13-9/h9H,4-8H2,1-3H3. The molecule has 0 saturated carbocycles. The number of cyclic esters (lactones) is 1. The fourth-order valence-electron chi connectivity index (χ4n) is 1.78. The highest BCUT2D eigenvalue weighted by Crippen LogP contribution is 2.35. The number of hydrogen-bond donors (Lipinski definition) is 0. The van der Waals surface area contributed by atoms with Crippen molar-refractivity contribution in [2.75, 3.05) is 0 Å². The highest BCUT2D eigenvalue weighted by molar-refractivity contribution is 5.77. The van der Waals surface area contributed by atoms with Crippen LogP contribution in [-0.2, 0) is 9.53 Å². The Kier molecular flexibility index (Phi) is 3.34. The maximum absolute atomic E-state index is 11.6. The minimum absolute atomic E-state index is 0.0136. The van der Waals surface area contributed by atoms with E-state index >= 15 is 0 Å². The van der Waals surface area contributed by atoms with E-state index in [4.69, 9.17) is 4.74 Å². The minimum atomic E-state index is -0.204. The van der Waals surface area contributed by atoms with Gasteiger partial charge in [0.15, 0.2) is 0 Å². The van der Waals surface area contributed by atoms with Gasteiger partial charge in [-0.1, -0.05) is 20.3 Å². The fraction of sp³-hybridized carbons (Fsp3) is 0.909. The molecule has 0 aromatic heterocycles. The third kappa shape index (κ3) is 2.23. The van der Waals surface area contributed by atoms with Gasteiger partial charge in [-0.05, 0) is 32.6 Å². The molecule has 13 heavy (non-hydrogen) atoms. The number of rotatable bonds is 3. The van der Waals surface area contributed by atoms with Gasteiger partial charge in [0.25, 0.3) is 0 Å². The zero-order chi connectivity index (χ0) is 9.90. The van der Waals surface area contributed by atoms with Crippen LogP contribution in [0.5, 0.6) is 0 Å². The van der Waals surface area contributed by atoms with Gasteiger partial charge < -0.3 is 4.74 Å². The first-order valence-corrected chi connectivity index (χ1v) is 5.33. The third-order valence-corrected chi connectivity index (χ3v) is 3.18. The molecule has 1 aliphatic rings. The smallest absolute Gasteiger partial charge is 0.312 e. The summed E-state index contributed by atoms with van der Waals surface area (Å²) in [6.07, 6.45) is 5.24. The summed E-state index contributed by atoms with van der Waals surface area (Å²) in [6.45, 7) is 6.19. The van der Waals surface area contributed by atoms with Crippen molar-refractivity contribution in [2.24, 2.45) is 5.41 Å². The Morgan fingerprint density at radius 1 is 1.54 bits per heavy atom. The van der Waals surface area contributed by atoms with Crippen LogP contribution in [0, 0.1) is 5.41 Å². The zero-order valence-corrected chi connectivity index (χ0v) is 8.93. The van der Waals surface area contributed by atoms with E-state index in [0.29, 0.717) is 0 Å². The lowest BCUT2D eigenvalue weighted by atomic mass is 9.79. The number of ether oxygens (including phenoxy) is 1. The van der Waals surface area contributed by atoms with Crippen molar-refractivity contribution in [3.05, 3.63) is 0 Å². The lowest BCUT2D eigenvalue weighted by molar-refractivity contribution is -0.169. The molecule has 0 aliphatic carbocycles. The highest BCUT2D eigenvalue weighted by Gasteiger charge is 2.38. The minimum Gasteiger partial charge on any atom is -0.462 e. The van der Waals surface area contributed by atoms with Crippen LogP contribution >= 0.6 is 0 Å². The second kappa shape index (κ2) is 4.12. The van der Waals surface area contributed by atoms with E-state index in [1.54, 1.807) is 0 Å². The molecule has 0 aromatic rings. The van der Waals surface area contributed by atoms with Crippen LogP contribution in [0.2, 0.25) is 0 Å². The number of hydrogen-bond acceptors (Lipinski definition) is 2. The molecule has 2 atom stereocenters. The normalized spacial score (nSPS) is 34.4. The van der Waals surface area contributed by atoms with Crippen LogP contribution in [0.4, 0.5) is 0 Å². The van der Waals surface area contributed by atoms with E-state index < -0.39 is 0 Å². The summed E-state index contributed by atoms with van der Waals surface area (Å²) in [6, 6.07) is 0. The molecular formula is C11H20O2. The molecule has 1 saturated heterocycles. The molecule has 0 bridgehead atoms. The quantitative estimate of drug-likeness (QED) is 0.630. The Hall–Kier alpha value is -0.530. The second-order valence-electron chi connectivity index (χ2n) is 4.27. The summed E-state index contributed by atoms with van der Waals surface area (Å²) in [7, 11) is 0.